The molecule has 3 aromatic rings. The summed E-state index contributed by atoms with van der Waals surface area (Å²) >= 11 is 0. The smallest absolute Gasteiger partial charge is 0.249 e. The lowest BCUT2D eigenvalue weighted by atomic mass is 9.86. The standard InChI is InChI=1S/C20H15NO/c1-2-15(18-11-5-6-12-19(18)20(21)22)17-13-7-9-14-8-3-4-10-16(14)17/h1,3-13,15H,(H2,21,22). The van der Waals surface area contributed by atoms with E-state index in [1.165, 1.54) is 0 Å². The summed E-state index contributed by atoms with van der Waals surface area (Å²) in [6, 6.07) is 21.4. The Balaban J connectivity index is 2.25. The van der Waals surface area contributed by atoms with Crippen molar-refractivity contribution in [1.29, 1.82) is 0 Å². The summed E-state index contributed by atoms with van der Waals surface area (Å²) in [5.74, 6) is 2.04. The highest BCUT2D eigenvalue weighted by Crippen LogP contribution is 2.31. The fraction of sp³-hybridized carbons (Fsp3) is 0.0500. The summed E-state index contributed by atoms with van der Waals surface area (Å²) in [6.07, 6.45) is 5.79. The number of primary amides is 1. The highest BCUT2D eigenvalue weighted by Gasteiger charge is 2.19. The molecule has 106 valence electrons. The van der Waals surface area contributed by atoms with Gasteiger partial charge in [0.15, 0.2) is 0 Å². The minimum Gasteiger partial charge on any atom is -0.366 e. The quantitative estimate of drug-likeness (QED) is 0.732. The molecule has 1 unspecified atom stereocenters. The summed E-state index contributed by atoms with van der Waals surface area (Å²) in [5.41, 5.74) is 7.74. The molecule has 22 heavy (non-hydrogen) atoms. The van der Waals surface area contributed by atoms with Gasteiger partial charge in [-0.25, -0.2) is 0 Å². The molecule has 0 bridgehead atoms. The number of rotatable bonds is 3. The third-order valence-electron chi connectivity index (χ3n) is 3.84. The van der Waals surface area contributed by atoms with Crippen LogP contribution < -0.4 is 5.73 Å². The molecule has 3 aromatic carbocycles. The number of carbonyl (C=O) groups is 1. The third-order valence-corrected chi connectivity index (χ3v) is 3.84. The zero-order valence-corrected chi connectivity index (χ0v) is 12.0. The maximum atomic E-state index is 11.7. The molecule has 0 radical (unpaired) electrons. The van der Waals surface area contributed by atoms with Gasteiger partial charge in [-0.05, 0) is 28.0 Å². The van der Waals surface area contributed by atoms with Crippen LogP contribution >= 0.6 is 0 Å². The van der Waals surface area contributed by atoms with Crippen molar-refractivity contribution in [1.82, 2.24) is 0 Å². The van der Waals surface area contributed by atoms with Crippen molar-refractivity contribution in [2.24, 2.45) is 5.73 Å². The Morgan fingerprint density at radius 1 is 0.909 bits per heavy atom. The van der Waals surface area contributed by atoms with Crippen molar-refractivity contribution in [3.05, 3.63) is 83.4 Å². The predicted molar refractivity (Wildman–Crippen MR) is 89.6 cm³/mol. The summed E-state index contributed by atoms with van der Waals surface area (Å²) < 4.78 is 0. The van der Waals surface area contributed by atoms with E-state index in [2.05, 4.69) is 5.92 Å². The van der Waals surface area contributed by atoms with E-state index >= 15 is 0 Å². The Morgan fingerprint density at radius 2 is 1.55 bits per heavy atom. The molecule has 1 atom stereocenters. The molecule has 0 fully saturated rings. The number of benzene rings is 3. The van der Waals surface area contributed by atoms with E-state index in [-0.39, 0.29) is 5.92 Å². The second kappa shape index (κ2) is 5.75. The van der Waals surface area contributed by atoms with E-state index in [0.717, 1.165) is 21.9 Å². The Kier molecular flexibility index (Phi) is 3.64. The van der Waals surface area contributed by atoms with E-state index in [0.29, 0.717) is 5.56 Å². The first-order valence-electron chi connectivity index (χ1n) is 7.05. The number of terminal acetylenes is 1. The van der Waals surface area contributed by atoms with E-state index < -0.39 is 5.91 Å². The van der Waals surface area contributed by atoms with Crippen molar-refractivity contribution in [2.45, 2.75) is 5.92 Å². The topological polar surface area (TPSA) is 43.1 Å². The molecule has 0 saturated heterocycles. The number of nitrogens with two attached hydrogens (primary N) is 1. The molecule has 0 aliphatic heterocycles. The zero-order valence-electron chi connectivity index (χ0n) is 12.0. The summed E-state index contributed by atoms with van der Waals surface area (Å²) in [6.45, 7) is 0. The molecule has 0 aliphatic carbocycles. The van der Waals surface area contributed by atoms with E-state index in [1.807, 2.05) is 54.6 Å². The summed E-state index contributed by atoms with van der Waals surface area (Å²) in [7, 11) is 0. The first-order chi connectivity index (χ1) is 10.7. The number of amides is 1. The minimum absolute atomic E-state index is 0.310. The van der Waals surface area contributed by atoms with Gasteiger partial charge in [-0.2, -0.15) is 0 Å². The van der Waals surface area contributed by atoms with Crippen LogP contribution in [0.5, 0.6) is 0 Å². The number of fused-ring (bicyclic) bond motifs is 1. The molecule has 2 N–H and O–H groups in total. The van der Waals surface area contributed by atoms with Gasteiger partial charge in [-0.1, -0.05) is 66.6 Å². The van der Waals surface area contributed by atoms with Gasteiger partial charge in [0, 0.05) is 5.56 Å². The number of hydrogen-bond acceptors (Lipinski definition) is 1. The maximum absolute atomic E-state index is 11.7. The number of carbonyl (C=O) groups excluding carboxylic acids is 1. The van der Waals surface area contributed by atoms with Crippen LogP contribution in [0.4, 0.5) is 0 Å². The van der Waals surface area contributed by atoms with Gasteiger partial charge >= 0.3 is 0 Å². The van der Waals surface area contributed by atoms with E-state index in [1.54, 1.807) is 12.1 Å². The molecule has 0 aliphatic rings. The molecule has 2 heteroatoms. The van der Waals surface area contributed by atoms with Crippen LogP contribution in [0.1, 0.15) is 27.4 Å². The van der Waals surface area contributed by atoms with Crippen molar-refractivity contribution < 1.29 is 4.79 Å². The minimum atomic E-state index is -0.462. The lowest BCUT2D eigenvalue weighted by molar-refractivity contribution is 0.0999. The third kappa shape index (κ3) is 2.34. The SMILES string of the molecule is C#CC(c1ccccc1C(N)=O)c1cccc2ccccc12. The van der Waals surface area contributed by atoms with Crippen molar-refractivity contribution in [3.8, 4) is 12.3 Å². The molecular formula is C20H15NO. The highest BCUT2D eigenvalue weighted by molar-refractivity contribution is 5.95. The van der Waals surface area contributed by atoms with Gasteiger partial charge in [-0.3, -0.25) is 4.79 Å². The molecular weight excluding hydrogens is 270 g/mol. The van der Waals surface area contributed by atoms with Crippen molar-refractivity contribution >= 4 is 16.7 Å². The lowest BCUT2D eigenvalue weighted by Gasteiger charge is -2.17. The monoisotopic (exact) mass is 285 g/mol. The molecule has 3 rings (SSSR count). The second-order valence-corrected chi connectivity index (χ2v) is 5.12. The molecule has 0 saturated carbocycles. The van der Waals surface area contributed by atoms with Gasteiger partial charge in [-0.15, -0.1) is 6.42 Å². The Morgan fingerprint density at radius 3 is 2.32 bits per heavy atom. The van der Waals surface area contributed by atoms with Crippen LogP contribution in [0, 0.1) is 12.3 Å². The fourth-order valence-corrected chi connectivity index (χ4v) is 2.82. The molecule has 0 heterocycles. The average Bonchev–Trinajstić information content (AvgIpc) is 2.56. The fourth-order valence-electron chi connectivity index (χ4n) is 2.82. The summed E-state index contributed by atoms with van der Waals surface area (Å²) in [4.78, 5) is 11.7. The van der Waals surface area contributed by atoms with Crippen LogP contribution in [0.2, 0.25) is 0 Å². The van der Waals surface area contributed by atoms with Gasteiger partial charge in [0.2, 0.25) is 5.91 Å². The van der Waals surface area contributed by atoms with Crippen LogP contribution in [0.15, 0.2) is 66.7 Å². The van der Waals surface area contributed by atoms with Crippen LogP contribution in [0.3, 0.4) is 0 Å². The molecule has 0 aromatic heterocycles. The van der Waals surface area contributed by atoms with E-state index in [9.17, 15) is 4.79 Å². The second-order valence-electron chi connectivity index (χ2n) is 5.12. The van der Waals surface area contributed by atoms with Gasteiger partial charge in [0.1, 0.15) is 0 Å². The average molecular weight is 285 g/mol. The zero-order chi connectivity index (χ0) is 15.5. The Bertz CT molecular complexity index is 884. The normalized spacial score (nSPS) is 11.8. The first kappa shape index (κ1) is 13.9. The van der Waals surface area contributed by atoms with Gasteiger partial charge in [0.05, 0.1) is 5.92 Å². The summed E-state index contributed by atoms with van der Waals surface area (Å²) in [5, 5.41) is 2.21. The maximum Gasteiger partial charge on any atom is 0.249 e. The van der Waals surface area contributed by atoms with E-state index in [4.69, 9.17) is 12.2 Å². The number of hydrogen-bond donors (Lipinski definition) is 1. The molecule has 2 nitrogen and oxygen atoms in total. The highest BCUT2D eigenvalue weighted by atomic mass is 16.1. The molecule has 1 amide bonds. The Hall–Kier alpha value is -3.05. The Labute approximate surface area is 129 Å². The van der Waals surface area contributed by atoms with Crippen LogP contribution in [-0.2, 0) is 0 Å². The van der Waals surface area contributed by atoms with Crippen molar-refractivity contribution in [3.63, 3.8) is 0 Å². The van der Waals surface area contributed by atoms with Crippen LogP contribution in [-0.4, -0.2) is 5.91 Å². The predicted octanol–water partition coefficient (Wildman–Crippen LogP) is 3.70. The lowest BCUT2D eigenvalue weighted by Crippen LogP contribution is -2.15. The molecule has 0 spiro atoms. The largest absolute Gasteiger partial charge is 0.366 e. The van der Waals surface area contributed by atoms with Gasteiger partial charge < -0.3 is 5.73 Å². The van der Waals surface area contributed by atoms with Crippen LogP contribution in [0.25, 0.3) is 10.8 Å². The van der Waals surface area contributed by atoms with Gasteiger partial charge in [0.25, 0.3) is 0 Å². The first-order valence-corrected chi connectivity index (χ1v) is 7.05. The van der Waals surface area contributed by atoms with Crippen molar-refractivity contribution in [2.75, 3.05) is 0 Å².